The normalized spacial score (nSPS) is 11.0. The van der Waals surface area contributed by atoms with Crippen molar-refractivity contribution in [2.24, 2.45) is 0 Å². The summed E-state index contributed by atoms with van der Waals surface area (Å²) in [7, 11) is 0. The van der Waals surface area contributed by atoms with Gasteiger partial charge in [-0.1, -0.05) is 28.1 Å². The van der Waals surface area contributed by atoms with Crippen molar-refractivity contribution >= 4 is 27.0 Å². The Morgan fingerprint density at radius 2 is 2.05 bits per heavy atom. The molecule has 4 heteroatoms. The zero-order chi connectivity index (χ0) is 14.8. The van der Waals surface area contributed by atoms with Crippen molar-refractivity contribution in [3.05, 3.63) is 57.8 Å². The SMILES string of the molecule is Cc1cccc(OCCc2nc3c(C)cc(Br)cc3[nH]2)c1. The van der Waals surface area contributed by atoms with E-state index >= 15 is 0 Å². The molecule has 3 rings (SSSR count). The van der Waals surface area contributed by atoms with Gasteiger partial charge in [0.05, 0.1) is 17.6 Å². The Hall–Kier alpha value is -1.81. The first-order chi connectivity index (χ1) is 10.1. The van der Waals surface area contributed by atoms with E-state index in [4.69, 9.17) is 4.74 Å². The van der Waals surface area contributed by atoms with Crippen molar-refractivity contribution in [2.75, 3.05) is 6.61 Å². The van der Waals surface area contributed by atoms with Gasteiger partial charge in [0.1, 0.15) is 11.6 Å². The van der Waals surface area contributed by atoms with E-state index in [9.17, 15) is 0 Å². The van der Waals surface area contributed by atoms with Gasteiger partial charge in [0, 0.05) is 10.9 Å². The first-order valence-corrected chi connectivity index (χ1v) is 7.75. The Balaban J connectivity index is 1.69. The van der Waals surface area contributed by atoms with Crippen molar-refractivity contribution in [1.29, 1.82) is 0 Å². The van der Waals surface area contributed by atoms with Gasteiger partial charge < -0.3 is 9.72 Å². The quantitative estimate of drug-likeness (QED) is 0.753. The van der Waals surface area contributed by atoms with Gasteiger partial charge >= 0.3 is 0 Å². The number of nitrogens with zero attached hydrogens (tertiary/aromatic N) is 1. The Kier molecular flexibility index (Phi) is 3.97. The number of halogens is 1. The molecular weight excluding hydrogens is 328 g/mol. The summed E-state index contributed by atoms with van der Waals surface area (Å²) in [5.74, 6) is 1.86. The molecule has 0 radical (unpaired) electrons. The predicted molar refractivity (Wildman–Crippen MR) is 88.9 cm³/mol. The van der Waals surface area contributed by atoms with E-state index in [0.717, 1.165) is 33.5 Å². The van der Waals surface area contributed by atoms with Crippen LogP contribution >= 0.6 is 15.9 Å². The number of hydrogen-bond acceptors (Lipinski definition) is 2. The summed E-state index contributed by atoms with van der Waals surface area (Å²) >= 11 is 3.51. The second-order valence-corrected chi connectivity index (χ2v) is 6.13. The van der Waals surface area contributed by atoms with Gasteiger partial charge in [-0.05, 0) is 49.2 Å². The average molecular weight is 345 g/mol. The monoisotopic (exact) mass is 344 g/mol. The molecule has 0 atom stereocenters. The number of nitrogens with one attached hydrogen (secondary N) is 1. The Bertz CT molecular complexity index is 780. The lowest BCUT2D eigenvalue weighted by Crippen LogP contribution is -2.02. The molecule has 2 aromatic carbocycles. The molecule has 0 amide bonds. The molecule has 21 heavy (non-hydrogen) atoms. The highest BCUT2D eigenvalue weighted by atomic mass is 79.9. The highest BCUT2D eigenvalue weighted by molar-refractivity contribution is 9.10. The fraction of sp³-hybridized carbons (Fsp3) is 0.235. The average Bonchev–Trinajstić information content (AvgIpc) is 2.82. The number of hydrogen-bond donors (Lipinski definition) is 1. The van der Waals surface area contributed by atoms with Crippen molar-refractivity contribution in [1.82, 2.24) is 9.97 Å². The lowest BCUT2D eigenvalue weighted by atomic mass is 10.2. The van der Waals surface area contributed by atoms with E-state index < -0.39 is 0 Å². The predicted octanol–water partition coefficient (Wildman–Crippen LogP) is 4.56. The van der Waals surface area contributed by atoms with Gasteiger partial charge in [-0.2, -0.15) is 0 Å². The van der Waals surface area contributed by atoms with E-state index in [1.165, 1.54) is 11.1 Å². The molecule has 0 unspecified atom stereocenters. The topological polar surface area (TPSA) is 37.9 Å². The second-order valence-electron chi connectivity index (χ2n) is 5.22. The van der Waals surface area contributed by atoms with E-state index in [0.29, 0.717) is 6.61 Å². The molecule has 3 aromatic rings. The number of ether oxygens (including phenoxy) is 1. The number of aromatic nitrogens is 2. The zero-order valence-corrected chi connectivity index (χ0v) is 13.7. The summed E-state index contributed by atoms with van der Waals surface area (Å²) in [4.78, 5) is 8.00. The van der Waals surface area contributed by atoms with Gasteiger partial charge in [0.25, 0.3) is 0 Å². The van der Waals surface area contributed by atoms with Crippen LogP contribution in [0, 0.1) is 13.8 Å². The van der Waals surface area contributed by atoms with Crippen LogP contribution in [-0.4, -0.2) is 16.6 Å². The van der Waals surface area contributed by atoms with Crippen LogP contribution < -0.4 is 4.74 Å². The van der Waals surface area contributed by atoms with Crippen LogP contribution in [0.5, 0.6) is 5.75 Å². The molecule has 0 saturated heterocycles. The maximum atomic E-state index is 5.77. The zero-order valence-electron chi connectivity index (χ0n) is 12.1. The van der Waals surface area contributed by atoms with Crippen LogP contribution in [0.15, 0.2) is 40.9 Å². The molecule has 0 bridgehead atoms. The molecule has 0 saturated carbocycles. The molecule has 1 N–H and O–H groups in total. The number of aromatic amines is 1. The molecule has 0 fully saturated rings. The minimum Gasteiger partial charge on any atom is -0.493 e. The Morgan fingerprint density at radius 3 is 2.86 bits per heavy atom. The lowest BCUT2D eigenvalue weighted by Gasteiger charge is -2.05. The summed E-state index contributed by atoms with van der Waals surface area (Å²) in [5.41, 5.74) is 4.47. The first-order valence-electron chi connectivity index (χ1n) is 6.96. The van der Waals surface area contributed by atoms with Gasteiger partial charge in [-0.25, -0.2) is 4.98 Å². The molecule has 1 heterocycles. The van der Waals surface area contributed by atoms with Gasteiger partial charge in [-0.3, -0.25) is 0 Å². The summed E-state index contributed by atoms with van der Waals surface area (Å²) in [6.07, 6.45) is 0.764. The summed E-state index contributed by atoms with van der Waals surface area (Å²) in [6.45, 7) is 4.75. The number of rotatable bonds is 4. The number of benzene rings is 2. The van der Waals surface area contributed by atoms with E-state index in [1.807, 2.05) is 18.2 Å². The van der Waals surface area contributed by atoms with Gasteiger partial charge in [0.15, 0.2) is 0 Å². The molecule has 0 aliphatic rings. The first kappa shape index (κ1) is 14.1. The number of imidazole rings is 1. The maximum Gasteiger partial charge on any atom is 0.119 e. The summed E-state index contributed by atoms with van der Waals surface area (Å²) in [6, 6.07) is 12.2. The van der Waals surface area contributed by atoms with Crippen molar-refractivity contribution in [3.8, 4) is 5.75 Å². The van der Waals surface area contributed by atoms with E-state index in [1.54, 1.807) is 0 Å². The third-order valence-corrected chi connectivity index (χ3v) is 3.85. The molecule has 1 aromatic heterocycles. The van der Waals surface area contributed by atoms with Crippen LogP contribution in [0.4, 0.5) is 0 Å². The fourth-order valence-corrected chi connectivity index (χ4v) is 2.96. The van der Waals surface area contributed by atoms with Crippen LogP contribution in [-0.2, 0) is 6.42 Å². The molecular formula is C17H17BrN2O. The summed E-state index contributed by atoms with van der Waals surface area (Å²) < 4.78 is 6.84. The number of fused-ring (bicyclic) bond motifs is 1. The third kappa shape index (κ3) is 3.27. The fourth-order valence-electron chi connectivity index (χ4n) is 2.39. The van der Waals surface area contributed by atoms with Crippen molar-refractivity contribution in [3.63, 3.8) is 0 Å². The van der Waals surface area contributed by atoms with Crippen LogP contribution in [0.1, 0.15) is 17.0 Å². The van der Waals surface area contributed by atoms with Crippen LogP contribution in [0.25, 0.3) is 11.0 Å². The molecule has 3 nitrogen and oxygen atoms in total. The van der Waals surface area contributed by atoms with Gasteiger partial charge in [0.2, 0.25) is 0 Å². The molecule has 0 aliphatic carbocycles. The molecule has 0 aliphatic heterocycles. The number of aryl methyl sites for hydroxylation is 2. The van der Waals surface area contributed by atoms with Crippen LogP contribution in [0.3, 0.4) is 0 Å². The highest BCUT2D eigenvalue weighted by Gasteiger charge is 2.06. The minimum absolute atomic E-state index is 0.615. The van der Waals surface area contributed by atoms with Gasteiger partial charge in [-0.15, -0.1) is 0 Å². The lowest BCUT2D eigenvalue weighted by molar-refractivity contribution is 0.319. The number of H-pyrrole nitrogens is 1. The van der Waals surface area contributed by atoms with Crippen molar-refractivity contribution < 1.29 is 4.74 Å². The summed E-state index contributed by atoms with van der Waals surface area (Å²) in [5, 5.41) is 0. The smallest absolute Gasteiger partial charge is 0.119 e. The Labute approximate surface area is 132 Å². The van der Waals surface area contributed by atoms with Crippen LogP contribution in [0.2, 0.25) is 0 Å². The van der Waals surface area contributed by atoms with Crippen molar-refractivity contribution in [2.45, 2.75) is 20.3 Å². The Morgan fingerprint density at radius 1 is 1.19 bits per heavy atom. The molecule has 0 spiro atoms. The maximum absolute atomic E-state index is 5.77. The minimum atomic E-state index is 0.615. The van der Waals surface area contributed by atoms with E-state index in [2.05, 4.69) is 57.9 Å². The largest absolute Gasteiger partial charge is 0.493 e. The third-order valence-electron chi connectivity index (χ3n) is 3.39. The second kappa shape index (κ2) is 5.90. The standard InChI is InChI=1S/C17H17BrN2O/c1-11-4-3-5-14(8-11)21-7-6-16-19-15-10-13(18)9-12(2)17(15)20-16/h3-5,8-10H,6-7H2,1-2H3,(H,19,20). The highest BCUT2D eigenvalue weighted by Crippen LogP contribution is 2.22. The van der Waals surface area contributed by atoms with E-state index in [-0.39, 0.29) is 0 Å². The molecule has 108 valence electrons.